The summed E-state index contributed by atoms with van der Waals surface area (Å²) >= 11 is 9.58. The fraction of sp³-hybridized carbons (Fsp3) is 0.222. The van der Waals surface area contributed by atoms with Crippen LogP contribution >= 0.6 is 24.2 Å². The summed E-state index contributed by atoms with van der Waals surface area (Å²) in [5.41, 5.74) is 9.14. The van der Waals surface area contributed by atoms with Gasteiger partial charge in [0.25, 0.3) is 5.91 Å². The number of phenols is 1. The first-order valence-electron chi connectivity index (χ1n) is 4.51. The molecule has 0 bridgehead atoms. The SMILES string of the molecule is COc1cc(Cl)cc(C(=O)NNC(N)S)c1O. The standard InChI is InChI=1S/C9H12ClN3O3S/c1-16-6-3-4(10)2-5(7(6)14)8(15)12-13-9(11)17/h2-3,9,13-14,17H,11H2,1H3,(H,12,15). The van der Waals surface area contributed by atoms with E-state index in [4.69, 9.17) is 22.1 Å². The van der Waals surface area contributed by atoms with Crippen molar-refractivity contribution in [2.45, 2.75) is 5.50 Å². The molecule has 1 aromatic carbocycles. The van der Waals surface area contributed by atoms with Crippen LogP contribution in [0.5, 0.6) is 11.5 Å². The zero-order chi connectivity index (χ0) is 13.0. The third-order valence-electron chi connectivity index (χ3n) is 1.84. The Balaban J connectivity index is 2.96. The third-order valence-corrected chi connectivity index (χ3v) is 2.19. The van der Waals surface area contributed by atoms with Gasteiger partial charge in [0.2, 0.25) is 0 Å². The van der Waals surface area contributed by atoms with E-state index in [2.05, 4.69) is 23.5 Å². The number of hydrazine groups is 1. The second-order valence-corrected chi connectivity index (χ2v) is 4.04. The van der Waals surface area contributed by atoms with E-state index in [1.165, 1.54) is 19.2 Å². The number of halogens is 1. The van der Waals surface area contributed by atoms with Crippen molar-refractivity contribution in [2.75, 3.05) is 7.11 Å². The number of hydrogen-bond acceptors (Lipinski definition) is 6. The molecular weight excluding hydrogens is 266 g/mol. The molecule has 0 aliphatic carbocycles. The maximum atomic E-state index is 11.7. The summed E-state index contributed by atoms with van der Waals surface area (Å²) in [5.74, 6) is -0.797. The number of carbonyl (C=O) groups excluding carboxylic acids is 1. The van der Waals surface area contributed by atoms with Gasteiger partial charge in [-0.3, -0.25) is 10.2 Å². The van der Waals surface area contributed by atoms with Crippen LogP contribution in [0.25, 0.3) is 0 Å². The number of aromatic hydroxyl groups is 1. The molecule has 1 aromatic rings. The highest BCUT2D eigenvalue weighted by Crippen LogP contribution is 2.33. The van der Waals surface area contributed by atoms with Crippen molar-refractivity contribution < 1.29 is 14.6 Å². The molecule has 0 saturated carbocycles. The molecule has 17 heavy (non-hydrogen) atoms. The molecule has 0 radical (unpaired) electrons. The third kappa shape index (κ3) is 3.67. The molecule has 0 heterocycles. The quantitative estimate of drug-likeness (QED) is 0.313. The minimum absolute atomic E-state index is 0.0316. The summed E-state index contributed by atoms with van der Waals surface area (Å²) in [6, 6.07) is 2.70. The molecule has 0 fully saturated rings. The average Bonchev–Trinajstić information content (AvgIpc) is 2.28. The summed E-state index contributed by atoms with van der Waals surface area (Å²) < 4.78 is 4.87. The smallest absolute Gasteiger partial charge is 0.269 e. The molecule has 0 aliphatic rings. The Morgan fingerprint density at radius 2 is 2.29 bits per heavy atom. The zero-order valence-corrected chi connectivity index (χ0v) is 10.5. The molecule has 1 amide bonds. The predicted octanol–water partition coefficient (Wildman–Crippen LogP) is 0.461. The van der Waals surface area contributed by atoms with Gasteiger partial charge >= 0.3 is 0 Å². The second kappa shape index (κ2) is 5.97. The number of carbonyl (C=O) groups is 1. The van der Waals surface area contributed by atoms with Gasteiger partial charge in [0.1, 0.15) is 5.50 Å². The number of thiol groups is 1. The monoisotopic (exact) mass is 277 g/mol. The van der Waals surface area contributed by atoms with E-state index in [0.717, 1.165) is 0 Å². The van der Waals surface area contributed by atoms with Crippen molar-refractivity contribution in [3.8, 4) is 11.5 Å². The summed E-state index contributed by atoms with van der Waals surface area (Å²) in [6.07, 6.45) is 0. The first-order chi connectivity index (χ1) is 7.95. The second-order valence-electron chi connectivity index (χ2n) is 3.05. The maximum absolute atomic E-state index is 11.7. The van der Waals surface area contributed by atoms with Gasteiger partial charge in [-0.25, -0.2) is 5.43 Å². The van der Waals surface area contributed by atoms with Crippen molar-refractivity contribution in [2.24, 2.45) is 5.73 Å². The van der Waals surface area contributed by atoms with Crippen LogP contribution in [0.3, 0.4) is 0 Å². The van der Waals surface area contributed by atoms with Crippen LogP contribution in [0.15, 0.2) is 12.1 Å². The van der Waals surface area contributed by atoms with Gasteiger partial charge < -0.3 is 15.6 Å². The van der Waals surface area contributed by atoms with E-state index < -0.39 is 11.4 Å². The van der Waals surface area contributed by atoms with Crippen LogP contribution < -0.4 is 21.3 Å². The van der Waals surface area contributed by atoms with Crippen molar-refractivity contribution in [3.63, 3.8) is 0 Å². The zero-order valence-electron chi connectivity index (χ0n) is 8.90. The van der Waals surface area contributed by atoms with Crippen LogP contribution in [0.1, 0.15) is 10.4 Å². The van der Waals surface area contributed by atoms with Crippen LogP contribution in [0.2, 0.25) is 5.02 Å². The molecule has 0 aliphatic heterocycles. The van der Waals surface area contributed by atoms with E-state index in [0.29, 0.717) is 0 Å². The van der Waals surface area contributed by atoms with Gasteiger partial charge in [-0.1, -0.05) is 11.6 Å². The molecule has 1 atom stereocenters. The van der Waals surface area contributed by atoms with Crippen molar-refractivity contribution in [1.82, 2.24) is 10.9 Å². The highest BCUT2D eigenvalue weighted by atomic mass is 35.5. The maximum Gasteiger partial charge on any atom is 0.269 e. The number of nitrogens with one attached hydrogen (secondary N) is 2. The Morgan fingerprint density at radius 3 is 2.82 bits per heavy atom. The van der Waals surface area contributed by atoms with E-state index in [1.54, 1.807) is 0 Å². The van der Waals surface area contributed by atoms with Crippen LogP contribution in [-0.2, 0) is 0 Å². The number of nitrogens with two attached hydrogens (primary N) is 1. The first kappa shape index (κ1) is 13.9. The summed E-state index contributed by atoms with van der Waals surface area (Å²) in [7, 11) is 1.36. The topological polar surface area (TPSA) is 96.6 Å². The lowest BCUT2D eigenvalue weighted by Gasteiger charge is -2.12. The average molecular weight is 278 g/mol. The Hall–Kier alpha value is -1.15. The molecule has 0 saturated heterocycles. The number of benzene rings is 1. The van der Waals surface area contributed by atoms with Crippen LogP contribution in [-0.4, -0.2) is 23.6 Å². The molecule has 8 heteroatoms. The normalized spacial score (nSPS) is 12.0. The van der Waals surface area contributed by atoms with Gasteiger partial charge in [-0.2, -0.15) is 0 Å². The van der Waals surface area contributed by atoms with Crippen LogP contribution in [0, 0.1) is 0 Å². The van der Waals surface area contributed by atoms with Crippen molar-refractivity contribution in [3.05, 3.63) is 22.7 Å². The summed E-state index contributed by atoms with van der Waals surface area (Å²) in [6.45, 7) is 0. The Morgan fingerprint density at radius 1 is 1.65 bits per heavy atom. The van der Waals surface area contributed by atoms with E-state index in [1.807, 2.05) is 0 Å². The van der Waals surface area contributed by atoms with E-state index in [9.17, 15) is 9.90 Å². The fourth-order valence-corrected chi connectivity index (χ4v) is 1.38. The van der Waals surface area contributed by atoms with Crippen molar-refractivity contribution >= 4 is 30.1 Å². The highest BCUT2D eigenvalue weighted by Gasteiger charge is 2.16. The Bertz CT molecular complexity index is 428. The van der Waals surface area contributed by atoms with Gasteiger partial charge in [-0.15, -0.1) is 12.6 Å². The van der Waals surface area contributed by atoms with E-state index >= 15 is 0 Å². The summed E-state index contributed by atoms with van der Waals surface area (Å²) in [5, 5.41) is 9.99. The van der Waals surface area contributed by atoms with E-state index in [-0.39, 0.29) is 22.1 Å². The largest absolute Gasteiger partial charge is 0.504 e. The van der Waals surface area contributed by atoms with Crippen molar-refractivity contribution in [1.29, 1.82) is 0 Å². The molecular formula is C9H12ClN3O3S. The molecule has 94 valence electrons. The van der Waals surface area contributed by atoms with Gasteiger partial charge in [0.05, 0.1) is 12.7 Å². The minimum Gasteiger partial charge on any atom is -0.504 e. The molecule has 0 spiro atoms. The lowest BCUT2D eigenvalue weighted by Crippen LogP contribution is -2.45. The molecule has 6 nitrogen and oxygen atoms in total. The molecule has 0 aromatic heterocycles. The van der Waals surface area contributed by atoms with Gasteiger partial charge in [0, 0.05) is 11.1 Å². The number of hydrogen-bond donors (Lipinski definition) is 5. The van der Waals surface area contributed by atoms with Crippen LogP contribution in [0.4, 0.5) is 0 Å². The number of rotatable bonds is 4. The molecule has 1 unspecified atom stereocenters. The van der Waals surface area contributed by atoms with Gasteiger partial charge in [-0.05, 0) is 6.07 Å². The lowest BCUT2D eigenvalue weighted by molar-refractivity contribution is 0.0928. The summed E-state index contributed by atoms with van der Waals surface area (Å²) in [4.78, 5) is 11.7. The number of ether oxygens (including phenoxy) is 1. The lowest BCUT2D eigenvalue weighted by atomic mass is 10.2. The fourth-order valence-electron chi connectivity index (χ4n) is 1.11. The number of amides is 1. The Labute approximate surface area is 108 Å². The Kier molecular flexibility index (Phi) is 4.88. The first-order valence-corrected chi connectivity index (χ1v) is 5.41. The van der Waals surface area contributed by atoms with Gasteiger partial charge in [0.15, 0.2) is 11.5 Å². The molecule has 1 rings (SSSR count). The number of methoxy groups -OCH3 is 1. The predicted molar refractivity (Wildman–Crippen MR) is 67.2 cm³/mol. The minimum atomic E-state index is -0.720. The molecule has 5 N–H and O–H groups in total. The number of phenolic OH excluding ortho intramolecular Hbond substituents is 1. The highest BCUT2D eigenvalue weighted by molar-refractivity contribution is 7.80.